The third-order valence-electron chi connectivity index (χ3n) is 3.00. The normalized spacial score (nSPS) is 31.4. The molecule has 1 saturated carbocycles. The topological polar surface area (TPSA) is 60.9 Å². The Kier molecular flexibility index (Phi) is 3.08. The van der Waals surface area contributed by atoms with Crippen molar-refractivity contribution in [1.82, 2.24) is 9.21 Å². The summed E-state index contributed by atoms with van der Waals surface area (Å²) in [4.78, 5) is 12.6. The first-order chi connectivity index (χ1) is 7.09. The monoisotopic (exact) mass is 232 g/mol. The van der Waals surface area contributed by atoms with Crippen molar-refractivity contribution in [1.29, 1.82) is 0 Å². The van der Waals surface area contributed by atoms with Gasteiger partial charge in [0.2, 0.25) is 0 Å². The highest BCUT2D eigenvalue weighted by Gasteiger charge is 2.37. The number of nitrogens with zero attached hydrogens (tertiary/aromatic N) is 2. The van der Waals surface area contributed by atoms with Gasteiger partial charge >= 0.3 is 5.97 Å². The Morgan fingerprint density at radius 2 is 2.13 bits per heavy atom. The van der Waals surface area contributed by atoms with Gasteiger partial charge in [0, 0.05) is 19.1 Å². The van der Waals surface area contributed by atoms with E-state index in [0.29, 0.717) is 18.5 Å². The highest BCUT2D eigenvalue weighted by Crippen LogP contribution is 2.29. The van der Waals surface area contributed by atoms with Crippen molar-refractivity contribution >= 4 is 17.0 Å². The first-order valence-corrected chi connectivity index (χ1v) is 6.49. The summed E-state index contributed by atoms with van der Waals surface area (Å²) in [7, 11) is -1.02. The molecule has 1 heterocycles. The Morgan fingerprint density at radius 3 is 2.60 bits per heavy atom. The summed E-state index contributed by atoms with van der Waals surface area (Å²) >= 11 is 0. The summed E-state index contributed by atoms with van der Waals surface area (Å²) < 4.78 is 13.8. The minimum absolute atomic E-state index is 0.365. The molecule has 0 aromatic rings. The molecule has 15 heavy (non-hydrogen) atoms. The van der Waals surface area contributed by atoms with E-state index in [1.807, 2.05) is 4.31 Å². The molecule has 1 aliphatic carbocycles. The van der Waals surface area contributed by atoms with Crippen LogP contribution in [0.1, 0.15) is 19.8 Å². The molecule has 1 saturated heterocycles. The molecule has 5 nitrogen and oxygen atoms in total. The van der Waals surface area contributed by atoms with Crippen molar-refractivity contribution in [3.8, 4) is 0 Å². The molecule has 2 unspecified atom stereocenters. The maximum atomic E-state index is 11.8. The van der Waals surface area contributed by atoms with Crippen LogP contribution in [0.3, 0.4) is 0 Å². The molecule has 86 valence electrons. The van der Waals surface area contributed by atoms with Gasteiger partial charge in [-0.25, -0.2) is 8.51 Å². The zero-order valence-electron chi connectivity index (χ0n) is 8.76. The summed E-state index contributed by atoms with van der Waals surface area (Å²) in [6.07, 6.45) is 2.28. The Balaban J connectivity index is 1.92. The van der Waals surface area contributed by atoms with Crippen LogP contribution in [0.5, 0.6) is 0 Å². The third kappa shape index (κ3) is 2.38. The number of carbonyl (C=O) groups is 1. The van der Waals surface area contributed by atoms with Gasteiger partial charge in [0.1, 0.15) is 17.0 Å². The van der Waals surface area contributed by atoms with Gasteiger partial charge in [-0.3, -0.25) is 9.69 Å². The summed E-state index contributed by atoms with van der Waals surface area (Å²) in [5.74, 6) is -0.476. The van der Waals surface area contributed by atoms with Gasteiger partial charge in [0.25, 0.3) is 0 Å². The lowest BCUT2D eigenvalue weighted by molar-refractivity contribution is -0.142. The van der Waals surface area contributed by atoms with Crippen molar-refractivity contribution in [3.05, 3.63) is 0 Å². The zero-order chi connectivity index (χ0) is 11.0. The number of aliphatic carboxylic acids is 1. The van der Waals surface area contributed by atoms with E-state index in [1.165, 1.54) is 0 Å². The quantitative estimate of drug-likeness (QED) is 0.736. The Morgan fingerprint density at radius 1 is 1.47 bits per heavy atom. The van der Waals surface area contributed by atoms with Crippen LogP contribution in [0, 0.1) is 0 Å². The fourth-order valence-corrected chi connectivity index (χ4v) is 3.40. The van der Waals surface area contributed by atoms with Crippen molar-refractivity contribution < 1.29 is 14.1 Å². The van der Waals surface area contributed by atoms with E-state index >= 15 is 0 Å². The fourth-order valence-electron chi connectivity index (χ4n) is 1.78. The molecule has 0 aromatic heterocycles. The second kappa shape index (κ2) is 4.19. The van der Waals surface area contributed by atoms with E-state index in [4.69, 9.17) is 5.11 Å². The largest absolute Gasteiger partial charge is 0.480 e. The molecule has 0 amide bonds. The van der Waals surface area contributed by atoms with E-state index < -0.39 is 23.0 Å². The average Bonchev–Trinajstić information content (AvgIpc) is 3.00. The summed E-state index contributed by atoms with van der Waals surface area (Å²) in [6.45, 7) is 3.08. The number of carboxylic acids is 1. The maximum absolute atomic E-state index is 11.8. The van der Waals surface area contributed by atoms with Gasteiger partial charge in [-0.2, -0.15) is 0 Å². The second-order valence-corrected chi connectivity index (χ2v) is 5.52. The molecule has 1 aliphatic heterocycles. The highest BCUT2D eigenvalue weighted by molar-refractivity contribution is 7.82. The molecule has 0 spiro atoms. The molecule has 6 heteroatoms. The third-order valence-corrected chi connectivity index (χ3v) is 4.56. The first-order valence-electron chi connectivity index (χ1n) is 5.21. The summed E-state index contributed by atoms with van der Waals surface area (Å²) in [5, 5.41) is 8.85. The molecule has 0 aromatic carbocycles. The van der Waals surface area contributed by atoms with Crippen LogP contribution >= 0.6 is 0 Å². The van der Waals surface area contributed by atoms with Crippen LogP contribution < -0.4 is 0 Å². The molecule has 0 radical (unpaired) electrons. The Bertz CT molecular complexity index is 293. The predicted octanol–water partition coefficient (Wildman–Crippen LogP) is -0.139. The Labute approximate surface area is 91.6 Å². The van der Waals surface area contributed by atoms with Gasteiger partial charge in [-0.15, -0.1) is 0 Å². The van der Waals surface area contributed by atoms with Crippen molar-refractivity contribution in [2.24, 2.45) is 0 Å². The maximum Gasteiger partial charge on any atom is 0.320 e. The van der Waals surface area contributed by atoms with E-state index in [2.05, 4.69) is 0 Å². The molecule has 2 aliphatic rings. The lowest BCUT2D eigenvalue weighted by atomic mass is 10.3. The average molecular weight is 232 g/mol. The van der Waals surface area contributed by atoms with Gasteiger partial charge in [0.05, 0.1) is 5.88 Å². The molecule has 1 N–H and O–H groups in total. The second-order valence-electron chi connectivity index (χ2n) is 4.15. The van der Waals surface area contributed by atoms with Crippen molar-refractivity contribution in [3.63, 3.8) is 0 Å². The van der Waals surface area contributed by atoms with E-state index in [1.54, 1.807) is 11.8 Å². The lowest BCUT2D eigenvalue weighted by Gasteiger charge is -2.35. The van der Waals surface area contributed by atoms with Crippen LogP contribution in [0.25, 0.3) is 0 Å². The molecule has 2 atom stereocenters. The molecular weight excluding hydrogens is 216 g/mol. The lowest BCUT2D eigenvalue weighted by Crippen LogP contribution is -2.52. The minimum Gasteiger partial charge on any atom is -0.480 e. The first kappa shape index (κ1) is 11.0. The van der Waals surface area contributed by atoms with Crippen LogP contribution in [-0.2, 0) is 15.8 Å². The van der Waals surface area contributed by atoms with Gasteiger partial charge in [0.15, 0.2) is 0 Å². The number of hydrogen-bond donors (Lipinski definition) is 1. The zero-order valence-corrected chi connectivity index (χ0v) is 9.57. The smallest absolute Gasteiger partial charge is 0.320 e. The number of hydrogen-bond acceptors (Lipinski definition) is 3. The van der Waals surface area contributed by atoms with Crippen molar-refractivity contribution in [2.75, 3.05) is 19.0 Å². The van der Waals surface area contributed by atoms with Crippen molar-refractivity contribution in [2.45, 2.75) is 31.8 Å². The molecule has 0 bridgehead atoms. The van der Waals surface area contributed by atoms with Crippen LogP contribution in [0.2, 0.25) is 0 Å². The summed E-state index contributed by atoms with van der Waals surface area (Å²) in [6, 6.07) is -0.0385. The standard InChI is InChI=1S/C9H16N2O3S/c1-7(9(12)13)10-4-5-11(8-2-3-8)15(14)6-10/h7-8H,2-6H2,1H3,(H,12,13). The number of rotatable bonds is 3. The molecule has 2 fully saturated rings. The van der Waals surface area contributed by atoms with Gasteiger partial charge < -0.3 is 5.11 Å². The Hall–Kier alpha value is -0.460. The van der Waals surface area contributed by atoms with Gasteiger partial charge in [-0.05, 0) is 19.8 Å². The molecule has 2 rings (SSSR count). The predicted molar refractivity (Wildman–Crippen MR) is 56.5 cm³/mol. The number of carboxylic acid groups (broad SMARTS) is 1. The SMILES string of the molecule is CC(C(=O)O)N1CCN(C2CC2)S(=O)C1. The van der Waals surface area contributed by atoms with E-state index in [-0.39, 0.29) is 0 Å². The van der Waals surface area contributed by atoms with Crippen LogP contribution in [-0.4, -0.2) is 55.5 Å². The minimum atomic E-state index is -1.02. The van der Waals surface area contributed by atoms with E-state index in [0.717, 1.165) is 19.4 Å². The van der Waals surface area contributed by atoms with Crippen LogP contribution in [0.15, 0.2) is 0 Å². The van der Waals surface area contributed by atoms with Crippen LogP contribution in [0.4, 0.5) is 0 Å². The summed E-state index contributed by atoms with van der Waals surface area (Å²) in [5.41, 5.74) is 0. The highest BCUT2D eigenvalue weighted by atomic mass is 32.2. The van der Waals surface area contributed by atoms with Gasteiger partial charge in [-0.1, -0.05) is 0 Å². The fraction of sp³-hybridized carbons (Fsp3) is 0.889. The van der Waals surface area contributed by atoms with E-state index in [9.17, 15) is 9.00 Å². The molecular formula is C9H16N2O3S.